The lowest BCUT2D eigenvalue weighted by molar-refractivity contribution is 0.131. The second-order valence-electron chi connectivity index (χ2n) is 2.36. The summed E-state index contributed by atoms with van der Waals surface area (Å²) < 4.78 is 5.29. The van der Waals surface area contributed by atoms with Gasteiger partial charge in [-0.25, -0.2) is 0 Å². The lowest BCUT2D eigenvalue weighted by Crippen LogP contribution is -1.96. The predicted molar refractivity (Wildman–Crippen MR) is 45.7 cm³/mol. The number of hydrogen-bond donors (Lipinski definition) is 0. The highest BCUT2D eigenvalue weighted by molar-refractivity contribution is 6.17. The first-order valence-electron chi connectivity index (χ1n) is 4.05. The Morgan fingerprint density at radius 2 is 1.80 bits per heavy atom. The van der Waals surface area contributed by atoms with Crippen LogP contribution in [-0.4, -0.2) is 19.1 Å². The highest BCUT2D eigenvalue weighted by atomic mass is 35.5. The quantitative estimate of drug-likeness (QED) is 0.416. The molecule has 0 aromatic rings. The van der Waals surface area contributed by atoms with Crippen LogP contribution in [0, 0.1) is 0 Å². The fourth-order valence-corrected chi connectivity index (χ4v) is 0.822. The summed E-state index contributed by atoms with van der Waals surface area (Å²) in [5.74, 6) is 0.716. The minimum atomic E-state index is 0.716. The molecular weight excluding hydrogens is 148 g/mol. The highest BCUT2D eigenvalue weighted by Crippen LogP contribution is 1.94. The number of halogens is 1. The number of alkyl halides is 1. The SMILES string of the molecule is CCCCCOCCCCl. The Kier molecular flexibility index (Phi) is 9.48. The molecule has 0 aromatic carbocycles. The summed E-state index contributed by atoms with van der Waals surface area (Å²) in [6.07, 6.45) is 4.71. The monoisotopic (exact) mass is 164 g/mol. The molecule has 62 valence electrons. The molecule has 0 aliphatic heterocycles. The third-order valence-corrected chi connectivity index (χ3v) is 1.58. The Labute approximate surface area is 68.7 Å². The molecular formula is C8H17ClO. The summed E-state index contributed by atoms with van der Waals surface area (Å²) >= 11 is 5.46. The zero-order chi connectivity index (χ0) is 7.66. The molecule has 0 amide bonds. The molecule has 0 aliphatic carbocycles. The summed E-state index contributed by atoms with van der Waals surface area (Å²) in [7, 11) is 0. The Bertz CT molecular complexity index is 49.2. The zero-order valence-corrected chi connectivity index (χ0v) is 7.49. The van der Waals surface area contributed by atoms with E-state index in [4.69, 9.17) is 16.3 Å². The number of ether oxygens (including phenoxy) is 1. The van der Waals surface area contributed by atoms with Crippen molar-refractivity contribution in [1.82, 2.24) is 0 Å². The van der Waals surface area contributed by atoms with Crippen LogP contribution >= 0.6 is 11.6 Å². The van der Waals surface area contributed by atoms with Gasteiger partial charge in [0.2, 0.25) is 0 Å². The molecule has 0 bridgehead atoms. The molecule has 0 heterocycles. The Balaban J connectivity index is 2.65. The molecule has 0 N–H and O–H groups in total. The van der Waals surface area contributed by atoms with Crippen LogP contribution < -0.4 is 0 Å². The van der Waals surface area contributed by atoms with Gasteiger partial charge < -0.3 is 4.74 Å². The first-order valence-corrected chi connectivity index (χ1v) is 4.59. The third-order valence-electron chi connectivity index (χ3n) is 1.31. The maximum absolute atomic E-state index is 5.46. The van der Waals surface area contributed by atoms with Gasteiger partial charge >= 0.3 is 0 Å². The average molecular weight is 165 g/mol. The van der Waals surface area contributed by atoms with E-state index in [1.54, 1.807) is 0 Å². The molecule has 0 spiro atoms. The van der Waals surface area contributed by atoms with E-state index in [2.05, 4.69) is 6.92 Å². The van der Waals surface area contributed by atoms with Crippen molar-refractivity contribution in [3.63, 3.8) is 0 Å². The van der Waals surface area contributed by atoms with Gasteiger partial charge in [0.25, 0.3) is 0 Å². The molecule has 0 unspecified atom stereocenters. The second-order valence-corrected chi connectivity index (χ2v) is 2.74. The Hall–Kier alpha value is 0.250. The molecule has 2 heteroatoms. The predicted octanol–water partition coefficient (Wildman–Crippen LogP) is 2.82. The molecule has 0 saturated heterocycles. The van der Waals surface area contributed by atoms with Gasteiger partial charge in [0.05, 0.1) is 0 Å². The first kappa shape index (κ1) is 10.2. The van der Waals surface area contributed by atoms with E-state index in [0.717, 1.165) is 19.6 Å². The van der Waals surface area contributed by atoms with E-state index in [0.29, 0.717) is 5.88 Å². The summed E-state index contributed by atoms with van der Waals surface area (Å²) in [5.41, 5.74) is 0. The molecule has 10 heavy (non-hydrogen) atoms. The van der Waals surface area contributed by atoms with Gasteiger partial charge in [0.15, 0.2) is 0 Å². The van der Waals surface area contributed by atoms with Crippen molar-refractivity contribution in [1.29, 1.82) is 0 Å². The maximum atomic E-state index is 5.46. The van der Waals surface area contributed by atoms with Crippen LogP contribution in [0.4, 0.5) is 0 Å². The molecule has 1 nitrogen and oxygen atoms in total. The molecule has 0 aliphatic rings. The van der Waals surface area contributed by atoms with Crippen LogP contribution in [0.2, 0.25) is 0 Å². The van der Waals surface area contributed by atoms with Crippen LogP contribution in [0.25, 0.3) is 0 Å². The van der Waals surface area contributed by atoms with Crippen molar-refractivity contribution >= 4 is 11.6 Å². The van der Waals surface area contributed by atoms with Crippen molar-refractivity contribution in [3.05, 3.63) is 0 Å². The first-order chi connectivity index (χ1) is 4.91. The smallest absolute Gasteiger partial charge is 0.0477 e. The van der Waals surface area contributed by atoms with Crippen LogP contribution in [0.5, 0.6) is 0 Å². The lowest BCUT2D eigenvalue weighted by Gasteiger charge is -2.00. The molecule has 0 fully saturated rings. The van der Waals surface area contributed by atoms with Crippen molar-refractivity contribution in [2.24, 2.45) is 0 Å². The molecule has 0 radical (unpaired) electrons. The van der Waals surface area contributed by atoms with Gasteiger partial charge in [-0.2, -0.15) is 0 Å². The summed E-state index contributed by atoms with van der Waals surface area (Å²) in [6.45, 7) is 3.93. The van der Waals surface area contributed by atoms with E-state index in [-0.39, 0.29) is 0 Å². The average Bonchev–Trinajstić information content (AvgIpc) is 1.97. The topological polar surface area (TPSA) is 9.23 Å². The van der Waals surface area contributed by atoms with Crippen LogP contribution in [-0.2, 0) is 4.74 Å². The van der Waals surface area contributed by atoms with E-state index < -0.39 is 0 Å². The highest BCUT2D eigenvalue weighted by Gasteiger charge is 1.87. The van der Waals surface area contributed by atoms with Gasteiger partial charge in [-0.3, -0.25) is 0 Å². The fourth-order valence-electron chi connectivity index (χ4n) is 0.713. The summed E-state index contributed by atoms with van der Waals surface area (Å²) in [6, 6.07) is 0. The Morgan fingerprint density at radius 1 is 1.10 bits per heavy atom. The van der Waals surface area contributed by atoms with Gasteiger partial charge in [-0.05, 0) is 12.8 Å². The fraction of sp³-hybridized carbons (Fsp3) is 1.00. The standard InChI is InChI=1S/C8H17ClO/c1-2-3-4-7-10-8-5-6-9/h2-8H2,1H3. The van der Waals surface area contributed by atoms with Gasteiger partial charge in [-0.1, -0.05) is 19.8 Å². The van der Waals surface area contributed by atoms with Crippen LogP contribution in [0.15, 0.2) is 0 Å². The van der Waals surface area contributed by atoms with E-state index in [1.165, 1.54) is 19.3 Å². The van der Waals surface area contributed by atoms with E-state index >= 15 is 0 Å². The Morgan fingerprint density at radius 3 is 2.40 bits per heavy atom. The molecule has 0 atom stereocenters. The number of rotatable bonds is 7. The van der Waals surface area contributed by atoms with Gasteiger partial charge in [0.1, 0.15) is 0 Å². The normalized spacial score (nSPS) is 10.2. The third kappa shape index (κ3) is 8.25. The summed E-state index contributed by atoms with van der Waals surface area (Å²) in [4.78, 5) is 0. The number of unbranched alkanes of at least 4 members (excludes halogenated alkanes) is 2. The van der Waals surface area contributed by atoms with Crippen molar-refractivity contribution in [3.8, 4) is 0 Å². The minimum Gasteiger partial charge on any atom is -0.381 e. The second kappa shape index (κ2) is 9.25. The number of hydrogen-bond acceptors (Lipinski definition) is 1. The summed E-state index contributed by atoms with van der Waals surface area (Å²) in [5, 5.41) is 0. The minimum absolute atomic E-state index is 0.716. The molecule has 0 saturated carbocycles. The zero-order valence-electron chi connectivity index (χ0n) is 6.74. The van der Waals surface area contributed by atoms with Crippen molar-refractivity contribution in [2.75, 3.05) is 19.1 Å². The van der Waals surface area contributed by atoms with Crippen molar-refractivity contribution in [2.45, 2.75) is 32.6 Å². The van der Waals surface area contributed by atoms with Gasteiger partial charge in [0, 0.05) is 19.1 Å². The van der Waals surface area contributed by atoms with Crippen LogP contribution in [0.3, 0.4) is 0 Å². The largest absolute Gasteiger partial charge is 0.381 e. The lowest BCUT2D eigenvalue weighted by atomic mass is 10.3. The maximum Gasteiger partial charge on any atom is 0.0477 e. The van der Waals surface area contributed by atoms with Gasteiger partial charge in [-0.15, -0.1) is 11.6 Å². The van der Waals surface area contributed by atoms with E-state index in [1.807, 2.05) is 0 Å². The van der Waals surface area contributed by atoms with Crippen LogP contribution in [0.1, 0.15) is 32.6 Å². The molecule has 0 aromatic heterocycles. The van der Waals surface area contributed by atoms with E-state index in [9.17, 15) is 0 Å². The molecule has 0 rings (SSSR count). The van der Waals surface area contributed by atoms with Crippen molar-refractivity contribution < 1.29 is 4.74 Å².